The maximum Gasteiger partial charge on any atom is 0.304 e. The fourth-order valence-corrected chi connectivity index (χ4v) is 1.03. The van der Waals surface area contributed by atoms with E-state index in [1.54, 1.807) is 19.2 Å². The Labute approximate surface area is 70.8 Å². The van der Waals surface area contributed by atoms with Crippen molar-refractivity contribution in [2.24, 2.45) is 0 Å². The number of likely N-dealkylation sites (tertiary alicyclic amines) is 1. The Morgan fingerprint density at radius 1 is 1.75 bits per heavy atom. The molecule has 1 aliphatic heterocycles. The Kier molecular flexibility index (Phi) is 2.47. The van der Waals surface area contributed by atoms with Crippen molar-refractivity contribution in [2.75, 3.05) is 0 Å². The molecule has 0 aliphatic carbocycles. The lowest BCUT2D eigenvalue weighted by Crippen LogP contribution is -2.51. The zero-order valence-electron chi connectivity index (χ0n) is 7.11. The minimum Gasteiger partial charge on any atom is -0.441 e. The second-order valence-corrected chi connectivity index (χ2v) is 2.55. The summed E-state index contributed by atoms with van der Waals surface area (Å²) in [5.41, 5.74) is 0. The summed E-state index contributed by atoms with van der Waals surface area (Å²) in [6.07, 6.45) is 3.25. The van der Waals surface area contributed by atoms with Crippen molar-refractivity contribution in [1.82, 2.24) is 4.90 Å². The largest absolute Gasteiger partial charge is 0.441 e. The lowest BCUT2D eigenvalue weighted by molar-refractivity contribution is -0.175. The third kappa shape index (κ3) is 1.64. The molecule has 0 radical (unpaired) electrons. The van der Waals surface area contributed by atoms with Gasteiger partial charge in [-0.3, -0.25) is 14.5 Å². The molecule has 0 aromatic carbocycles. The number of amides is 1. The Bertz CT molecular complexity index is 234. The Morgan fingerprint density at radius 2 is 2.42 bits per heavy atom. The topological polar surface area (TPSA) is 46.6 Å². The summed E-state index contributed by atoms with van der Waals surface area (Å²) in [5, 5.41) is 0. The van der Waals surface area contributed by atoms with Gasteiger partial charge in [-0.2, -0.15) is 0 Å². The number of nitrogens with zero attached hydrogens (tertiary/aromatic N) is 1. The first-order chi connectivity index (χ1) is 5.65. The molecular formula is C8H11NO3. The molecule has 1 fully saturated rings. The van der Waals surface area contributed by atoms with Crippen LogP contribution < -0.4 is 0 Å². The fourth-order valence-electron chi connectivity index (χ4n) is 1.03. The molecule has 0 aromatic heterocycles. The molecule has 0 saturated carbocycles. The average molecular weight is 169 g/mol. The summed E-state index contributed by atoms with van der Waals surface area (Å²) >= 11 is 0. The van der Waals surface area contributed by atoms with Crippen LogP contribution in [0.15, 0.2) is 12.3 Å². The van der Waals surface area contributed by atoms with Crippen LogP contribution >= 0.6 is 0 Å². The van der Waals surface area contributed by atoms with E-state index in [0.717, 1.165) is 0 Å². The first-order valence-electron chi connectivity index (χ1n) is 3.76. The van der Waals surface area contributed by atoms with Gasteiger partial charge in [0.1, 0.15) is 0 Å². The highest BCUT2D eigenvalue weighted by Gasteiger charge is 2.36. The number of carbonyl (C=O) groups is 2. The van der Waals surface area contributed by atoms with Gasteiger partial charge in [-0.1, -0.05) is 6.08 Å². The fraction of sp³-hybridized carbons (Fsp3) is 0.500. The first-order valence-corrected chi connectivity index (χ1v) is 3.76. The molecule has 1 unspecified atom stereocenters. The zero-order chi connectivity index (χ0) is 9.14. The summed E-state index contributed by atoms with van der Waals surface area (Å²) in [6.45, 7) is 3.13. The van der Waals surface area contributed by atoms with Crippen molar-refractivity contribution in [3.8, 4) is 0 Å². The van der Waals surface area contributed by atoms with Gasteiger partial charge in [0.25, 0.3) is 0 Å². The quantitative estimate of drug-likeness (QED) is 0.450. The van der Waals surface area contributed by atoms with Crippen molar-refractivity contribution in [3.63, 3.8) is 0 Å². The van der Waals surface area contributed by atoms with Gasteiger partial charge < -0.3 is 4.74 Å². The van der Waals surface area contributed by atoms with E-state index >= 15 is 0 Å². The van der Waals surface area contributed by atoms with Crippen LogP contribution in [0.25, 0.3) is 0 Å². The molecule has 1 heterocycles. The van der Waals surface area contributed by atoms with Crippen LogP contribution in [-0.4, -0.2) is 23.0 Å². The average Bonchev–Trinajstić information content (AvgIpc) is 1.99. The molecule has 0 aromatic rings. The summed E-state index contributed by atoms with van der Waals surface area (Å²) in [6, 6.07) is 0. The lowest BCUT2D eigenvalue weighted by Gasteiger charge is -2.36. The van der Waals surface area contributed by atoms with E-state index in [1.807, 2.05) is 0 Å². The Morgan fingerprint density at radius 3 is 2.83 bits per heavy atom. The van der Waals surface area contributed by atoms with E-state index in [-0.39, 0.29) is 18.1 Å². The minimum atomic E-state index is -0.383. The van der Waals surface area contributed by atoms with Crippen molar-refractivity contribution in [2.45, 2.75) is 26.5 Å². The maximum absolute atomic E-state index is 10.9. The maximum atomic E-state index is 10.9. The number of ether oxygens (including phenoxy) is 1. The molecule has 0 N–H and O–H groups in total. The van der Waals surface area contributed by atoms with E-state index in [1.165, 1.54) is 11.8 Å². The number of hydrogen-bond acceptors (Lipinski definition) is 3. The minimum absolute atomic E-state index is 0.0145. The number of hydrogen-bond donors (Lipinski definition) is 0. The summed E-state index contributed by atoms with van der Waals surface area (Å²) in [4.78, 5) is 22.8. The monoisotopic (exact) mass is 169 g/mol. The lowest BCUT2D eigenvalue weighted by atomic mass is 10.2. The predicted octanol–water partition coefficient (Wildman–Crippen LogP) is 0.641. The van der Waals surface area contributed by atoms with Gasteiger partial charge in [0, 0.05) is 13.1 Å². The molecule has 0 spiro atoms. The summed E-state index contributed by atoms with van der Waals surface area (Å²) < 4.78 is 4.84. The molecule has 1 rings (SSSR count). The standard InChI is InChI=1S/C8H11NO3/c1-3-4-9-7(11)5-8(9)12-6(2)10/h3-4,8H,5H2,1-2H3/b4-3+. The number of carbonyl (C=O) groups excluding carboxylic acids is 2. The highest BCUT2D eigenvalue weighted by molar-refractivity contribution is 5.84. The van der Waals surface area contributed by atoms with Crippen LogP contribution in [0.1, 0.15) is 20.3 Å². The van der Waals surface area contributed by atoms with Gasteiger partial charge in [-0.05, 0) is 6.92 Å². The van der Waals surface area contributed by atoms with E-state index in [0.29, 0.717) is 6.42 Å². The van der Waals surface area contributed by atoms with Gasteiger partial charge in [0.15, 0.2) is 6.23 Å². The third-order valence-corrected chi connectivity index (χ3v) is 1.56. The molecule has 1 saturated heterocycles. The van der Waals surface area contributed by atoms with E-state index in [9.17, 15) is 9.59 Å². The molecule has 0 bridgehead atoms. The normalized spacial score (nSPS) is 22.7. The molecule has 12 heavy (non-hydrogen) atoms. The van der Waals surface area contributed by atoms with Crippen molar-refractivity contribution in [1.29, 1.82) is 0 Å². The summed E-state index contributed by atoms with van der Waals surface area (Å²) in [5.74, 6) is -0.374. The Balaban J connectivity index is 2.48. The molecular weight excluding hydrogens is 158 g/mol. The molecule has 4 nitrogen and oxygen atoms in total. The van der Waals surface area contributed by atoms with Crippen LogP contribution in [0.4, 0.5) is 0 Å². The van der Waals surface area contributed by atoms with Gasteiger partial charge in [-0.25, -0.2) is 0 Å². The molecule has 1 atom stereocenters. The third-order valence-electron chi connectivity index (χ3n) is 1.56. The van der Waals surface area contributed by atoms with E-state index < -0.39 is 0 Å². The van der Waals surface area contributed by atoms with Crippen molar-refractivity contribution >= 4 is 11.9 Å². The van der Waals surface area contributed by atoms with Crippen LogP contribution in [0.2, 0.25) is 0 Å². The van der Waals surface area contributed by atoms with Crippen molar-refractivity contribution in [3.05, 3.63) is 12.3 Å². The molecule has 4 heteroatoms. The number of esters is 1. The predicted molar refractivity (Wildman–Crippen MR) is 41.8 cm³/mol. The zero-order valence-corrected chi connectivity index (χ0v) is 7.11. The van der Waals surface area contributed by atoms with E-state index in [2.05, 4.69) is 0 Å². The second kappa shape index (κ2) is 3.38. The highest BCUT2D eigenvalue weighted by Crippen LogP contribution is 2.20. The Hall–Kier alpha value is -1.32. The number of rotatable bonds is 2. The first kappa shape index (κ1) is 8.77. The van der Waals surface area contributed by atoms with Gasteiger partial charge in [0.05, 0.1) is 6.42 Å². The van der Waals surface area contributed by atoms with E-state index in [4.69, 9.17) is 4.74 Å². The van der Waals surface area contributed by atoms with Crippen LogP contribution in [0.5, 0.6) is 0 Å². The summed E-state index contributed by atoms with van der Waals surface area (Å²) in [7, 11) is 0. The van der Waals surface area contributed by atoms with Gasteiger partial charge in [0.2, 0.25) is 5.91 Å². The van der Waals surface area contributed by atoms with Gasteiger partial charge in [-0.15, -0.1) is 0 Å². The smallest absolute Gasteiger partial charge is 0.304 e. The molecule has 1 aliphatic rings. The number of β-lactam (4-membered cyclic amide) rings is 1. The van der Waals surface area contributed by atoms with Crippen molar-refractivity contribution < 1.29 is 14.3 Å². The SMILES string of the molecule is C/C=C/N1C(=O)CC1OC(C)=O. The van der Waals surface area contributed by atoms with Crippen LogP contribution in [-0.2, 0) is 14.3 Å². The second-order valence-electron chi connectivity index (χ2n) is 2.55. The highest BCUT2D eigenvalue weighted by atomic mass is 16.6. The number of allylic oxidation sites excluding steroid dienone is 1. The van der Waals surface area contributed by atoms with Gasteiger partial charge >= 0.3 is 5.97 Å². The molecule has 1 amide bonds. The van der Waals surface area contributed by atoms with Crippen LogP contribution in [0.3, 0.4) is 0 Å². The van der Waals surface area contributed by atoms with Crippen LogP contribution in [0, 0.1) is 0 Å². The molecule has 66 valence electrons.